The predicted molar refractivity (Wildman–Crippen MR) is 122 cm³/mol. The van der Waals surface area contributed by atoms with Gasteiger partial charge in [0, 0.05) is 24.4 Å². The maximum absolute atomic E-state index is 12.0. The van der Waals surface area contributed by atoms with Crippen LogP contribution in [0.3, 0.4) is 0 Å². The van der Waals surface area contributed by atoms with Crippen LogP contribution in [0, 0.1) is 11.3 Å². The molecule has 0 aliphatic carbocycles. The summed E-state index contributed by atoms with van der Waals surface area (Å²) >= 11 is 6.45. The van der Waals surface area contributed by atoms with E-state index in [0.717, 1.165) is 24.1 Å². The first-order chi connectivity index (χ1) is 15.1. The Labute approximate surface area is 186 Å². The molecule has 0 spiro atoms. The molecule has 2 aromatic carbocycles. The fraction of sp³-hybridized carbons (Fsp3) is 0.208. The Morgan fingerprint density at radius 2 is 2.06 bits per heavy atom. The number of hydrogen-bond acceptors (Lipinski definition) is 4. The van der Waals surface area contributed by atoms with Gasteiger partial charge in [-0.1, -0.05) is 43.1 Å². The standard InChI is InChI=1S/C24H23ClN4O2/c1-3-4-12-31-22-11-10-17(14-21(22)25)23-19(13-18(15-26)24(30)27-2)16-29(28-23)20-8-6-5-7-9-20/h5-11,13-14,16H,3-4,12H2,1-2H3,(H,27,30). The van der Waals surface area contributed by atoms with E-state index in [-0.39, 0.29) is 5.57 Å². The van der Waals surface area contributed by atoms with Crippen LogP contribution in [-0.4, -0.2) is 29.3 Å². The van der Waals surface area contributed by atoms with Crippen molar-refractivity contribution in [1.29, 1.82) is 5.26 Å². The smallest absolute Gasteiger partial charge is 0.261 e. The largest absolute Gasteiger partial charge is 0.492 e. The van der Waals surface area contributed by atoms with E-state index in [4.69, 9.17) is 21.4 Å². The Bertz CT molecular complexity index is 1130. The normalized spacial score (nSPS) is 11.1. The first-order valence-corrected chi connectivity index (χ1v) is 10.4. The highest BCUT2D eigenvalue weighted by atomic mass is 35.5. The van der Waals surface area contributed by atoms with E-state index < -0.39 is 5.91 Å². The average molecular weight is 435 g/mol. The molecule has 0 atom stereocenters. The second-order valence-corrected chi connectivity index (χ2v) is 7.22. The third kappa shape index (κ3) is 5.33. The summed E-state index contributed by atoms with van der Waals surface area (Å²) in [6.07, 6.45) is 5.30. The molecular formula is C24H23ClN4O2. The second kappa shape index (κ2) is 10.5. The van der Waals surface area contributed by atoms with Gasteiger partial charge in [-0.2, -0.15) is 10.4 Å². The molecule has 0 fully saturated rings. The van der Waals surface area contributed by atoms with Crippen LogP contribution >= 0.6 is 11.6 Å². The van der Waals surface area contributed by atoms with Crippen molar-refractivity contribution >= 4 is 23.6 Å². The van der Waals surface area contributed by atoms with Crippen molar-refractivity contribution in [1.82, 2.24) is 15.1 Å². The van der Waals surface area contributed by atoms with Gasteiger partial charge >= 0.3 is 0 Å². The third-order valence-electron chi connectivity index (χ3n) is 4.62. The molecule has 1 aromatic heterocycles. The molecule has 31 heavy (non-hydrogen) atoms. The van der Waals surface area contributed by atoms with Crippen LogP contribution in [0.4, 0.5) is 0 Å². The minimum atomic E-state index is -0.460. The van der Waals surface area contributed by atoms with Crippen molar-refractivity contribution in [2.45, 2.75) is 19.8 Å². The fourth-order valence-electron chi connectivity index (χ4n) is 2.96. The zero-order valence-electron chi connectivity index (χ0n) is 17.4. The van der Waals surface area contributed by atoms with Crippen molar-refractivity contribution in [3.05, 3.63) is 70.9 Å². The number of para-hydroxylation sites is 1. The average Bonchev–Trinajstić information content (AvgIpc) is 3.22. The number of rotatable bonds is 8. The Morgan fingerprint density at radius 3 is 2.71 bits per heavy atom. The number of nitriles is 1. The number of carbonyl (C=O) groups excluding carboxylic acids is 1. The second-order valence-electron chi connectivity index (χ2n) is 6.81. The SMILES string of the molecule is CCCCOc1ccc(-c2nn(-c3ccccc3)cc2C=C(C#N)C(=O)NC)cc1Cl. The van der Waals surface area contributed by atoms with E-state index in [9.17, 15) is 10.1 Å². The number of halogens is 1. The predicted octanol–water partition coefficient (Wildman–Crippen LogP) is 5.02. The van der Waals surface area contributed by atoms with E-state index in [2.05, 4.69) is 12.2 Å². The monoisotopic (exact) mass is 434 g/mol. The number of unbranched alkanes of at least 4 members (excludes halogenated alkanes) is 1. The molecule has 7 heteroatoms. The number of amides is 1. The van der Waals surface area contributed by atoms with Crippen LogP contribution in [-0.2, 0) is 4.79 Å². The molecule has 0 unspecified atom stereocenters. The van der Waals surface area contributed by atoms with Crippen molar-refractivity contribution in [2.75, 3.05) is 13.7 Å². The number of nitrogens with one attached hydrogen (secondary N) is 1. The third-order valence-corrected chi connectivity index (χ3v) is 4.91. The zero-order valence-corrected chi connectivity index (χ0v) is 18.2. The molecule has 0 radical (unpaired) electrons. The first-order valence-electron chi connectivity index (χ1n) is 9.99. The van der Waals surface area contributed by atoms with Gasteiger partial charge in [0.15, 0.2) is 0 Å². The van der Waals surface area contributed by atoms with E-state index >= 15 is 0 Å². The van der Waals surface area contributed by atoms with E-state index in [1.54, 1.807) is 16.9 Å². The molecule has 1 N–H and O–H groups in total. The highest BCUT2D eigenvalue weighted by Gasteiger charge is 2.16. The fourth-order valence-corrected chi connectivity index (χ4v) is 3.20. The van der Waals surface area contributed by atoms with Crippen molar-refractivity contribution in [3.63, 3.8) is 0 Å². The summed E-state index contributed by atoms with van der Waals surface area (Å²) in [4.78, 5) is 12.0. The molecule has 0 aliphatic rings. The van der Waals surface area contributed by atoms with Crippen LogP contribution in [0.1, 0.15) is 25.3 Å². The molecule has 3 aromatic rings. The highest BCUT2D eigenvalue weighted by Crippen LogP contribution is 2.32. The Morgan fingerprint density at radius 1 is 1.29 bits per heavy atom. The molecule has 0 bridgehead atoms. The number of hydrogen-bond donors (Lipinski definition) is 1. The number of ether oxygens (including phenoxy) is 1. The van der Waals surface area contributed by atoms with E-state index in [0.29, 0.717) is 28.6 Å². The van der Waals surface area contributed by atoms with Gasteiger partial charge in [-0.25, -0.2) is 4.68 Å². The Kier molecular flexibility index (Phi) is 7.47. The lowest BCUT2D eigenvalue weighted by molar-refractivity contribution is -0.116. The number of aromatic nitrogens is 2. The molecule has 1 heterocycles. The van der Waals surface area contributed by atoms with E-state index in [1.807, 2.05) is 48.5 Å². The Hall–Kier alpha value is -3.56. The lowest BCUT2D eigenvalue weighted by Gasteiger charge is -2.09. The maximum Gasteiger partial charge on any atom is 0.261 e. The van der Waals surface area contributed by atoms with Gasteiger partial charge in [0.25, 0.3) is 5.91 Å². The van der Waals surface area contributed by atoms with Crippen LogP contribution in [0.2, 0.25) is 5.02 Å². The zero-order chi connectivity index (χ0) is 22.2. The van der Waals surface area contributed by atoms with Crippen molar-refractivity contribution in [3.8, 4) is 28.8 Å². The number of nitrogens with zero attached hydrogens (tertiary/aromatic N) is 3. The van der Waals surface area contributed by atoms with Crippen LogP contribution in [0.25, 0.3) is 23.0 Å². The summed E-state index contributed by atoms with van der Waals surface area (Å²) in [5, 5.41) is 17.1. The topological polar surface area (TPSA) is 79.9 Å². The summed E-state index contributed by atoms with van der Waals surface area (Å²) in [5.41, 5.74) is 2.82. The molecule has 0 aliphatic heterocycles. The van der Waals surface area contributed by atoms with Gasteiger partial charge < -0.3 is 10.1 Å². The molecule has 0 saturated heterocycles. The quantitative estimate of drug-likeness (QED) is 0.306. The van der Waals surface area contributed by atoms with Gasteiger partial charge in [0.1, 0.15) is 23.1 Å². The lowest BCUT2D eigenvalue weighted by Crippen LogP contribution is -2.19. The summed E-state index contributed by atoms with van der Waals surface area (Å²) in [5.74, 6) is 0.153. The van der Waals surface area contributed by atoms with Crippen LogP contribution in [0.5, 0.6) is 5.75 Å². The lowest BCUT2D eigenvalue weighted by atomic mass is 10.1. The van der Waals surface area contributed by atoms with Crippen molar-refractivity contribution in [2.24, 2.45) is 0 Å². The maximum atomic E-state index is 12.0. The number of likely N-dealkylation sites (N-methyl/N-ethyl adjacent to an activating group) is 1. The molecule has 1 amide bonds. The van der Waals surface area contributed by atoms with Crippen molar-refractivity contribution < 1.29 is 9.53 Å². The molecule has 6 nitrogen and oxygen atoms in total. The number of benzene rings is 2. The summed E-state index contributed by atoms with van der Waals surface area (Å²) in [6, 6.07) is 17.0. The Balaban J connectivity index is 2.07. The molecular weight excluding hydrogens is 412 g/mol. The summed E-state index contributed by atoms with van der Waals surface area (Å²) in [7, 11) is 1.48. The number of carbonyl (C=O) groups is 1. The first kappa shape index (κ1) is 22.1. The van der Waals surface area contributed by atoms with Gasteiger partial charge in [-0.05, 0) is 42.8 Å². The minimum Gasteiger partial charge on any atom is -0.492 e. The summed E-state index contributed by atoms with van der Waals surface area (Å²) < 4.78 is 7.44. The van der Waals surface area contributed by atoms with Gasteiger partial charge in [0.05, 0.1) is 17.3 Å². The highest BCUT2D eigenvalue weighted by molar-refractivity contribution is 6.32. The van der Waals surface area contributed by atoms with Crippen LogP contribution < -0.4 is 10.1 Å². The van der Waals surface area contributed by atoms with E-state index in [1.165, 1.54) is 13.1 Å². The molecule has 0 saturated carbocycles. The van der Waals surface area contributed by atoms with Crippen LogP contribution in [0.15, 0.2) is 60.3 Å². The van der Waals surface area contributed by atoms with Gasteiger partial charge in [0.2, 0.25) is 0 Å². The molecule has 158 valence electrons. The minimum absolute atomic E-state index is 0.0121. The van der Waals surface area contributed by atoms with Gasteiger partial charge in [-0.3, -0.25) is 4.79 Å². The molecule has 3 rings (SSSR count). The summed E-state index contributed by atoms with van der Waals surface area (Å²) in [6.45, 7) is 2.70. The van der Waals surface area contributed by atoms with Gasteiger partial charge in [-0.15, -0.1) is 0 Å².